The number of hydrazone groups is 1. The van der Waals surface area contributed by atoms with Crippen molar-refractivity contribution in [3.05, 3.63) is 57.4 Å². The Morgan fingerprint density at radius 1 is 1.15 bits per heavy atom. The van der Waals surface area contributed by atoms with Crippen molar-refractivity contribution >= 4 is 45.9 Å². The molecule has 0 aliphatic carbocycles. The van der Waals surface area contributed by atoms with Crippen LogP contribution in [0.1, 0.15) is 5.56 Å². The number of hydrogen-bond donors (Lipinski definition) is 1. The molecule has 134 valence electrons. The summed E-state index contributed by atoms with van der Waals surface area (Å²) in [6, 6.07) is 11.6. The number of nitrogens with zero attached hydrogens (tertiary/aromatic N) is 2. The number of hydrogen-bond acceptors (Lipinski definition) is 6. The SMILES string of the molecule is COc1cc(Cl)c(C=NNc2nc(-c3ccccc3)cs2)c(Cl)c1OC. The molecule has 0 unspecified atom stereocenters. The Balaban J connectivity index is 1.78. The van der Waals surface area contributed by atoms with Gasteiger partial charge >= 0.3 is 0 Å². The largest absolute Gasteiger partial charge is 0.493 e. The normalized spacial score (nSPS) is 10.9. The van der Waals surface area contributed by atoms with Crippen molar-refractivity contribution in [2.75, 3.05) is 19.6 Å². The first-order valence-corrected chi connectivity index (χ1v) is 9.17. The number of halogens is 2. The molecule has 26 heavy (non-hydrogen) atoms. The third kappa shape index (κ3) is 3.93. The lowest BCUT2D eigenvalue weighted by atomic mass is 10.2. The predicted molar refractivity (Wildman–Crippen MR) is 108 cm³/mol. The Morgan fingerprint density at radius 2 is 1.92 bits per heavy atom. The second-order valence-corrected chi connectivity index (χ2v) is 6.74. The van der Waals surface area contributed by atoms with Crippen molar-refractivity contribution in [3.63, 3.8) is 0 Å². The van der Waals surface area contributed by atoms with Gasteiger partial charge in [-0.1, -0.05) is 53.5 Å². The highest BCUT2D eigenvalue weighted by atomic mass is 35.5. The van der Waals surface area contributed by atoms with Crippen LogP contribution in [-0.2, 0) is 0 Å². The van der Waals surface area contributed by atoms with Crippen LogP contribution in [0.4, 0.5) is 5.13 Å². The summed E-state index contributed by atoms with van der Waals surface area (Å²) in [7, 11) is 3.03. The third-order valence-electron chi connectivity index (χ3n) is 3.53. The molecule has 1 aromatic heterocycles. The van der Waals surface area contributed by atoms with Crippen molar-refractivity contribution in [1.82, 2.24) is 4.98 Å². The molecule has 0 amide bonds. The van der Waals surface area contributed by atoms with Crippen molar-refractivity contribution in [2.24, 2.45) is 5.10 Å². The first kappa shape index (κ1) is 18.5. The quantitative estimate of drug-likeness (QED) is 0.427. The van der Waals surface area contributed by atoms with Gasteiger partial charge in [0.05, 0.1) is 36.2 Å². The Bertz CT molecular complexity index is 930. The van der Waals surface area contributed by atoms with Gasteiger partial charge in [0.25, 0.3) is 0 Å². The number of ether oxygens (including phenoxy) is 2. The third-order valence-corrected chi connectivity index (χ3v) is 4.96. The smallest absolute Gasteiger partial charge is 0.203 e. The zero-order valence-corrected chi connectivity index (χ0v) is 16.3. The van der Waals surface area contributed by atoms with Gasteiger partial charge < -0.3 is 9.47 Å². The Kier molecular flexibility index (Phi) is 5.98. The standard InChI is InChI=1S/C18H15Cl2N3O2S/c1-24-15-8-13(19)12(16(20)17(15)25-2)9-21-23-18-22-14(10-26-18)11-6-4-3-5-7-11/h3-10H,1-2H3,(H,22,23). The molecule has 3 aromatic rings. The second kappa shape index (κ2) is 8.40. The number of anilines is 1. The van der Waals surface area contributed by atoms with Gasteiger partial charge in [-0.15, -0.1) is 11.3 Å². The molecule has 0 atom stereocenters. The van der Waals surface area contributed by atoms with Crippen LogP contribution in [0.15, 0.2) is 46.9 Å². The highest BCUT2D eigenvalue weighted by Gasteiger charge is 2.16. The van der Waals surface area contributed by atoms with Gasteiger partial charge in [-0.05, 0) is 0 Å². The van der Waals surface area contributed by atoms with Crippen LogP contribution >= 0.6 is 34.5 Å². The molecule has 0 saturated carbocycles. The Hall–Kier alpha value is -2.28. The highest BCUT2D eigenvalue weighted by molar-refractivity contribution is 7.14. The van der Waals surface area contributed by atoms with Crippen LogP contribution in [0.5, 0.6) is 11.5 Å². The molecular weight excluding hydrogens is 393 g/mol. The van der Waals surface area contributed by atoms with E-state index >= 15 is 0 Å². The number of thiazole rings is 1. The van der Waals surface area contributed by atoms with Crippen molar-refractivity contribution < 1.29 is 9.47 Å². The van der Waals surface area contributed by atoms with Gasteiger partial charge in [-0.2, -0.15) is 5.10 Å². The van der Waals surface area contributed by atoms with E-state index in [0.29, 0.717) is 32.2 Å². The van der Waals surface area contributed by atoms with Crippen molar-refractivity contribution in [1.29, 1.82) is 0 Å². The summed E-state index contributed by atoms with van der Waals surface area (Å²) in [4.78, 5) is 4.50. The average Bonchev–Trinajstić information content (AvgIpc) is 3.13. The number of rotatable bonds is 6. The summed E-state index contributed by atoms with van der Waals surface area (Å²) in [5.74, 6) is 0.862. The van der Waals surface area contributed by atoms with Gasteiger partial charge in [0.15, 0.2) is 11.5 Å². The predicted octanol–water partition coefficient (Wildman–Crippen LogP) is 5.58. The number of aromatic nitrogens is 1. The molecule has 0 radical (unpaired) electrons. The van der Waals surface area contributed by atoms with Crippen molar-refractivity contribution in [2.45, 2.75) is 0 Å². The first-order chi connectivity index (χ1) is 12.6. The van der Waals surface area contributed by atoms with E-state index in [0.717, 1.165) is 11.3 Å². The minimum Gasteiger partial charge on any atom is -0.493 e. The summed E-state index contributed by atoms with van der Waals surface area (Å²) in [5.41, 5.74) is 5.35. The van der Waals surface area contributed by atoms with E-state index in [-0.39, 0.29) is 0 Å². The van der Waals surface area contributed by atoms with Crippen LogP contribution in [0.25, 0.3) is 11.3 Å². The summed E-state index contributed by atoms with van der Waals surface area (Å²) in [6.45, 7) is 0. The molecule has 3 rings (SSSR count). The minimum absolute atomic E-state index is 0.325. The molecule has 0 saturated heterocycles. The van der Waals surface area contributed by atoms with Gasteiger partial charge in [-0.25, -0.2) is 4.98 Å². The van der Waals surface area contributed by atoms with Crippen LogP contribution in [0.2, 0.25) is 10.0 Å². The van der Waals surface area contributed by atoms with Crippen LogP contribution in [0.3, 0.4) is 0 Å². The molecule has 0 aliphatic heterocycles. The summed E-state index contributed by atoms with van der Waals surface area (Å²) >= 11 is 14.1. The number of nitrogens with one attached hydrogen (secondary N) is 1. The minimum atomic E-state index is 0.325. The Morgan fingerprint density at radius 3 is 2.62 bits per heavy atom. The van der Waals surface area contributed by atoms with E-state index in [2.05, 4.69) is 15.5 Å². The highest BCUT2D eigenvalue weighted by Crippen LogP contribution is 2.40. The van der Waals surface area contributed by atoms with E-state index in [9.17, 15) is 0 Å². The fourth-order valence-corrected chi connectivity index (χ4v) is 3.55. The number of benzene rings is 2. The maximum Gasteiger partial charge on any atom is 0.203 e. The molecular formula is C18H15Cl2N3O2S. The zero-order chi connectivity index (χ0) is 18.5. The van der Waals surface area contributed by atoms with Crippen LogP contribution in [0, 0.1) is 0 Å². The van der Waals surface area contributed by atoms with E-state index in [1.807, 2.05) is 35.7 Å². The molecule has 5 nitrogen and oxygen atoms in total. The average molecular weight is 408 g/mol. The molecule has 0 fully saturated rings. The van der Waals surface area contributed by atoms with Gasteiger partial charge in [0.1, 0.15) is 0 Å². The van der Waals surface area contributed by atoms with E-state index in [4.69, 9.17) is 32.7 Å². The molecule has 8 heteroatoms. The van der Waals surface area contributed by atoms with Crippen molar-refractivity contribution in [3.8, 4) is 22.8 Å². The lowest BCUT2D eigenvalue weighted by molar-refractivity contribution is 0.355. The van der Waals surface area contributed by atoms with Crippen LogP contribution < -0.4 is 14.9 Å². The fourth-order valence-electron chi connectivity index (χ4n) is 2.27. The Labute approximate surface area is 165 Å². The van der Waals surface area contributed by atoms with E-state index in [1.54, 1.807) is 6.07 Å². The molecule has 1 heterocycles. The molecule has 0 aliphatic rings. The monoisotopic (exact) mass is 407 g/mol. The summed E-state index contributed by atoms with van der Waals surface area (Å²) in [5, 5.41) is 7.53. The zero-order valence-electron chi connectivity index (χ0n) is 14.0. The fraction of sp³-hybridized carbons (Fsp3) is 0.111. The maximum absolute atomic E-state index is 6.34. The lowest BCUT2D eigenvalue weighted by Crippen LogP contribution is -1.97. The van der Waals surface area contributed by atoms with E-state index in [1.165, 1.54) is 31.8 Å². The molecule has 1 N–H and O–H groups in total. The molecule has 0 spiro atoms. The molecule has 0 bridgehead atoms. The van der Waals surface area contributed by atoms with Crippen LogP contribution in [-0.4, -0.2) is 25.4 Å². The van der Waals surface area contributed by atoms with Gasteiger partial charge in [0.2, 0.25) is 5.13 Å². The van der Waals surface area contributed by atoms with E-state index < -0.39 is 0 Å². The van der Waals surface area contributed by atoms with Gasteiger partial charge in [0, 0.05) is 22.6 Å². The second-order valence-electron chi connectivity index (χ2n) is 5.10. The number of methoxy groups -OCH3 is 2. The van der Waals surface area contributed by atoms with Gasteiger partial charge in [-0.3, -0.25) is 5.43 Å². The summed E-state index contributed by atoms with van der Waals surface area (Å²) < 4.78 is 10.5. The molecule has 2 aromatic carbocycles. The maximum atomic E-state index is 6.34. The summed E-state index contributed by atoms with van der Waals surface area (Å²) in [6.07, 6.45) is 1.52. The topological polar surface area (TPSA) is 55.7 Å². The first-order valence-electron chi connectivity index (χ1n) is 7.54. The lowest BCUT2D eigenvalue weighted by Gasteiger charge is -2.12.